The number of nitrogens with zero attached hydrogens (tertiary/aromatic N) is 2. The molecule has 0 spiro atoms. The van der Waals surface area contributed by atoms with Crippen LogP contribution in [0.3, 0.4) is 0 Å². The summed E-state index contributed by atoms with van der Waals surface area (Å²) in [6.07, 6.45) is 1.83. The van der Waals surface area contributed by atoms with Gasteiger partial charge in [0.25, 0.3) is 5.56 Å². The van der Waals surface area contributed by atoms with Crippen LogP contribution >= 0.6 is 0 Å². The molecule has 1 N–H and O–H groups in total. The highest BCUT2D eigenvalue weighted by atomic mass is 16.1. The molecule has 0 amide bonds. The first-order valence-electron chi connectivity index (χ1n) is 9.08. The number of aromatic nitrogens is 2. The number of aryl methyl sites for hydroxylation is 1. The monoisotopic (exact) mass is 345 g/mol. The highest BCUT2D eigenvalue weighted by molar-refractivity contribution is 6.15. The fraction of sp³-hybridized carbons (Fsp3) is 0.273. The van der Waals surface area contributed by atoms with Crippen LogP contribution in [-0.2, 0) is 6.42 Å². The summed E-state index contributed by atoms with van der Waals surface area (Å²) in [6.45, 7) is 6.27. The zero-order valence-electron chi connectivity index (χ0n) is 15.4. The zero-order valence-corrected chi connectivity index (χ0v) is 15.4. The first-order valence-corrected chi connectivity index (χ1v) is 9.08. The first kappa shape index (κ1) is 16.6. The van der Waals surface area contributed by atoms with E-state index in [1.165, 1.54) is 5.56 Å². The van der Waals surface area contributed by atoms with Crippen molar-refractivity contribution >= 4 is 5.71 Å². The summed E-state index contributed by atoms with van der Waals surface area (Å²) in [6, 6.07) is 17.9. The third kappa shape index (κ3) is 2.62. The largest absolute Gasteiger partial charge is 0.295 e. The lowest BCUT2D eigenvalue weighted by Gasteiger charge is -2.31. The van der Waals surface area contributed by atoms with E-state index in [1.54, 1.807) is 4.68 Å². The van der Waals surface area contributed by atoms with Crippen LogP contribution in [-0.4, -0.2) is 21.0 Å². The number of aliphatic imine (C=N–C) groups is 1. The maximum atomic E-state index is 13.2. The van der Waals surface area contributed by atoms with Crippen molar-refractivity contribution in [2.24, 2.45) is 4.99 Å². The van der Waals surface area contributed by atoms with Crippen LogP contribution in [0.15, 0.2) is 64.4 Å². The second kappa shape index (κ2) is 6.13. The summed E-state index contributed by atoms with van der Waals surface area (Å²) in [4.78, 5) is 18.3. The smallest absolute Gasteiger partial charge is 0.280 e. The minimum Gasteiger partial charge on any atom is -0.295 e. The Hall–Kier alpha value is -2.88. The predicted molar refractivity (Wildman–Crippen MR) is 106 cm³/mol. The molecule has 1 aliphatic rings. The average Bonchev–Trinajstić information content (AvgIpc) is 2.96. The summed E-state index contributed by atoms with van der Waals surface area (Å²) in [5.74, 6) is 0. The van der Waals surface area contributed by atoms with E-state index in [-0.39, 0.29) is 11.1 Å². The number of para-hydroxylation sites is 1. The van der Waals surface area contributed by atoms with Crippen LogP contribution in [0.5, 0.6) is 0 Å². The maximum absolute atomic E-state index is 13.2. The van der Waals surface area contributed by atoms with Crippen LogP contribution in [0.4, 0.5) is 0 Å². The van der Waals surface area contributed by atoms with Gasteiger partial charge in [0, 0.05) is 11.3 Å². The third-order valence-corrected chi connectivity index (χ3v) is 5.31. The Morgan fingerprint density at radius 2 is 1.81 bits per heavy atom. The van der Waals surface area contributed by atoms with Crippen molar-refractivity contribution in [1.82, 2.24) is 9.78 Å². The van der Waals surface area contributed by atoms with Gasteiger partial charge in [0.2, 0.25) is 0 Å². The molecule has 2 heterocycles. The van der Waals surface area contributed by atoms with Gasteiger partial charge in [-0.1, -0.05) is 49.4 Å². The molecule has 2 aromatic carbocycles. The number of nitrogens with one attached hydrogen (secondary N) is 1. The molecule has 4 heteroatoms. The molecule has 0 aliphatic carbocycles. The first-order chi connectivity index (χ1) is 12.5. The maximum Gasteiger partial charge on any atom is 0.280 e. The molecule has 26 heavy (non-hydrogen) atoms. The van der Waals surface area contributed by atoms with E-state index in [0.717, 1.165) is 35.5 Å². The quantitative estimate of drug-likeness (QED) is 0.765. The second-order valence-electron chi connectivity index (χ2n) is 7.23. The topological polar surface area (TPSA) is 50.1 Å². The van der Waals surface area contributed by atoms with Gasteiger partial charge in [-0.3, -0.25) is 14.9 Å². The fourth-order valence-corrected chi connectivity index (χ4v) is 3.66. The van der Waals surface area contributed by atoms with Gasteiger partial charge in [0.15, 0.2) is 0 Å². The molecule has 4 nitrogen and oxygen atoms in total. The average molecular weight is 345 g/mol. The van der Waals surface area contributed by atoms with Crippen LogP contribution in [0.25, 0.3) is 5.69 Å². The van der Waals surface area contributed by atoms with Crippen LogP contribution in [0.1, 0.15) is 42.7 Å². The molecule has 4 rings (SSSR count). The number of hydrogen-bond acceptors (Lipinski definition) is 2. The van der Waals surface area contributed by atoms with E-state index in [9.17, 15) is 4.79 Å². The van der Waals surface area contributed by atoms with Gasteiger partial charge in [-0.25, -0.2) is 4.68 Å². The summed E-state index contributed by atoms with van der Waals surface area (Å²) in [5.41, 5.74) is 5.23. The standard InChI is InChI=1S/C22H23N3O/c1-4-22(3)14-16-10-8-9-13-18(16)20(23-22)19-15(2)24-25(21(19)26)17-11-6-5-7-12-17/h5-13,24H,4,14H2,1-3H3. The second-order valence-corrected chi connectivity index (χ2v) is 7.23. The highest BCUT2D eigenvalue weighted by Gasteiger charge is 2.32. The van der Waals surface area contributed by atoms with E-state index in [0.29, 0.717) is 5.56 Å². The normalized spacial score (nSPS) is 19.1. The summed E-state index contributed by atoms with van der Waals surface area (Å²) in [7, 11) is 0. The predicted octanol–water partition coefficient (Wildman–Crippen LogP) is 4.04. The molecule has 1 aromatic heterocycles. The van der Waals surface area contributed by atoms with Crippen molar-refractivity contribution in [3.63, 3.8) is 0 Å². The number of benzene rings is 2. The van der Waals surface area contributed by atoms with Crippen LogP contribution in [0.2, 0.25) is 0 Å². The lowest BCUT2D eigenvalue weighted by Crippen LogP contribution is -2.34. The number of hydrogen-bond donors (Lipinski definition) is 1. The third-order valence-electron chi connectivity index (χ3n) is 5.31. The molecule has 132 valence electrons. The van der Waals surface area contributed by atoms with E-state index >= 15 is 0 Å². The van der Waals surface area contributed by atoms with Crippen molar-refractivity contribution in [2.45, 2.75) is 39.2 Å². The van der Waals surface area contributed by atoms with Gasteiger partial charge in [0.1, 0.15) is 0 Å². The zero-order chi connectivity index (χ0) is 18.3. The highest BCUT2D eigenvalue weighted by Crippen LogP contribution is 2.31. The molecule has 0 bridgehead atoms. The Morgan fingerprint density at radius 1 is 1.12 bits per heavy atom. The van der Waals surface area contributed by atoms with Crippen LogP contribution in [0, 0.1) is 6.92 Å². The molecule has 0 saturated heterocycles. The molecule has 0 radical (unpaired) electrons. The van der Waals surface area contributed by atoms with Gasteiger partial charge in [-0.2, -0.15) is 0 Å². The van der Waals surface area contributed by atoms with Crippen molar-refractivity contribution in [3.8, 4) is 5.69 Å². The molecular formula is C22H23N3O. The summed E-state index contributed by atoms with van der Waals surface area (Å²) >= 11 is 0. The van der Waals surface area contributed by atoms with Crippen molar-refractivity contribution in [2.75, 3.05) is 0 Å². The summed E-state index contributed by atoms with van der Waals surface area (Å²) in [5, 5.41) is 3.23. The van der Waals surface area contributed by atoms with Crippen molar-refractivity contribution in [1.29, 1.82) is 0 Å². The van der Waals surface area contributed by atoms with E-state index in [1.807, 2.05) is 43.3 Å². The van der Waals surface area contributed by atoms with Gasteiger partial charge in [-0.05, 0) is 44.4 Å². The SMILES string of the molecule is CCC1(C)Cc2ccccc2C(c2c(C)[nH]n(-c3ccccc3)c2=O)=N1. The Bertz CT molecular complexity index is 1040. The van der Waals surface area contributed by atoms with Gasteiger partial charge in [0.05, 0.1) is 22.5 Å². The number of H-pyrrole nitrogens is 1. The van der Waals surface area contributed by atoms with Gasteiger partial charge < -0.3 is 0 Å². The minimum absolute atomic E-state index is 0.0531. The molecule has 1 aliphatic heterocycles. The Labute approximate surface area is 153 Å². The number of aromatic amines is 1. The summed E-state index contributed by atoms with van der Waals surface area (Å²) < 4.78 is 1.60. The molecular weight excluding hydrogens is 322 g/mol. The van der Waals surface area contributed by atoms with Gasteiger partial charge in [-0.15, -0.1) is 0 Å². The molecule has 0 fully saturated rings. The lowest BCUT2D eigenvalue weighted by molar-refractivity contribution is 0.448. The van der Waals surface area contributed by atoms with Gasteiger partial charge >= 0.3 is 0 Å². The molecule has 0 saturated carbocycles. The van der Waals surface area contributed by atoms with Crippen molar-refractivity contribution < 1.29 is 0 Å². The van der Waals surface area contributed by atoms with E-state index < -0.39 is 0 Å². The lowest BCUT2D eigenvalue weighted by atomic mass is 9.82. The fourth-order valence-electron chi connectivity index (χ4n) is 3.66. The Morgan fingerprint density at radius 3 is 2.54 bits per heavy atom. The molecule has 1 unspecified atom stereocenters. The minimum atomic E-state index is -0.183. The number of rotatable bonds is 3. The van der Waals surface area contributed by atoms with E-state index in [2.05, 4.69) is 37.1 Å². The molecule has 1 atom stereocenters. The van der Waals surface area contributed by atoms with Crippen LogP contribution < -0.4 is 5.56 Å². The molecule has 3 aromatic rings. The Kier molecular flexibility index (Phi) is 3.91. The van der Waals surface area contributed by atoms with Crippen molar-refractivity contribution in [3.05, 3.63) is 87.3 Å². The van der Waals surface area contributed by atoms with E-state index in [4.69, 9.17) is 4.99 Å². The number of fused-ring (bicyclic) bond motifs is 1. The Balaban J connectivity index is 1.95.